The van der Waals surface area contributed by atoms with E-state index in [1.54, 1.807) is 6.34 Å². The predicted octanol–water partition coefficient (Wildman–Crippen LogP) is 3.31. The van der Waals surface area contributed by atoms with Gasteiger partial charge in [0.05, 0.1) is 18.4 Å². The first-order valence-electron chi connectivity index (χ1n) is 7.26. The number of para-hydroxylation sites is 1. The van der Waals surface area contributed by atoms with Crippen LogP contribution in [0.15, 0.2) is 59.6 Å². The summed E-state index contributed by atoms with van der Waals surface area (Å²) in [6.07, 6.45) is -3.23. The number of benzene rings is 2. The van der Waals surface area contributed by atoms with E-state index in [0.717, 1.165) is 30.0 Å². The van der Waals surface area contributed by atoms with E-state index in [1.165, 1.54) is 0 Å². The van der Waals surface area contributed by atoms with Crippen molar-refractivity contribution in [2.75, 3.05) is 11.4 Å². The van der Waals surface area contributed by atoms with Gasteiger partial charge in [-0.2, -0.15) is 13.2 Å². The molecule has 1 N–H and O–H groups in total. The monoisotopic (exact) mass is 333 g/mol. The second-order valence-corrected chi connectivity index (χ2v) is 5.32. The molecule has 0 saturated carbocycles. The van der Waals surface area contributed by atoms with E-state index in [0.29, 0.717) is 6.54 Å². The lowest BCUT2D eigenvalue weighted by Crippen LogP contribution is -2.37. The van der Waals surface area contributed by atoms with E-state index in [9.17, 15) is 18.0 Å². The van der Waals surface area contributed by atoms with Crippen molar-refractivity contribution in [1.82, 2.24) is 5.32 Å². The third-order valence-corrected chi connectivity index (χ3v) is 3.62. The lowest BCUT2D eigenvalue weighted by molar-refractivity contribution is -0.137. The first kappa shape index (κ1) is 16.0. The van der Waals surface area contributed by atoms with Gasteiger partial charge in [-0.25, -0.2) is 4.99 Å². The van der Waals surface area contributed by atoms with E-state index in [2.05, 4.69) is 10.3 Å². The Bertz CT molecular complexity index is 742. The van der Waals surface area contributed by atoms with E-state index in [1.807, 2.05) is 35.2 Å². The lowest BCUT2D eigenvalue weighted by atomic mass is 10.1. The van der Waals surface area contributed by atoms with Gasteiger partial charge < -0.3 is 10.2 Å². The van der Waals surface area contributed by atoms with Gasteiger partial charge in [-0.3, -0.25) is 4.79 Å². The quantitative estimate of drug-likeness (QED) is 0.937. The van der Waals surface area contributed by atoms with Crippen LogP contribution < -0.4 is 10.2 Å². The normalized spacial score (nSPS) is 17.1. The van der Waals surface area contributed by atoms with Crippen molar-refractivity contribution >= 4 is 17.9 Å². The van der Waals surface area contributed by atoms with Crippen molar-refractivity contribution in [1.29, 1.82) is 0 Å². The number of nitrogens with zero attached hydrogens (tertiary/aromatic N) is 2. The summed E-state index contributed by atoms with van der Waals surface area (Å²) in [5, 5.41) is 2.69. The fourth-order valence-corrected chi connectivity index (χ4v) is 2.36. The largest absolute Gasteiger partial charge is 0.416 e. The molecule has 2 aromatic carbocycles. The van der Waals surface area contributed by atoms with Crippen LogP contribution in [0.5, 0.6) is 0 Å². The minimum atomic E-state index is -4.42. The van der Waals surface area contributed by atoms with Crippen molar-refractivity contribution in [3.63, 3.8) is 0 Å². The SMILES string of the molecule is O=C(NC1CN(c2ccccc2)C=N1)c1ccc(C(F)(F)F)cc1. The Labute approximate surface area is 136 Å². The molecule has 0 bridgehead atoms. The number of halogens is 3. The molecule has 1 atom stereocenters. The fraction of sp³-hybridized carbons (Fsp3) is 0.176. The number of aliphatic imine (C=N–C) groups is 1. The smallest absolute Gasteiger partial charge is 0.329 e. The Hall–Kier alpha value is -2.83. The first-order valence-corrected chi connectivity index (χ1v) is 7.26. The fourth-order valence-electron chi connectivity index (χ4n) is 2.36. The summed E-state index contributed by atoms with van der Waals surface area (Å²) in [6, 6.07) is 13.6. The Morgan fingerprint density at radius 2 is 1.75 bits per heavy atom. The minimum absolute atomic E-state index is 0.163. The summed E-state index contributed by atoms with van der Waals surface area (Å²) in [4.78, 5) is 18.2. The standard InChI is InChI=1S/C17H14F3N3O/c18-17(19,20)13-8-6-12(7-9-13)16(24)22-15-10-23(11-21-15)14-4-2-1-3-5-14/h1-9,11,15H,10H2,(H,22,24). The topological polar surface area (TPSA) is 44.7 Å². The van der Waals surface area contributed by atoms with Crippen molar-refractivity contribution in [3.05, 3.63) is 65.7 Å². The number of anilines is 1. The maximum atomic E-state index is 12.5. The molecular weight excluding hydrogens is 319 g/mol. The predicted molar refractivity (Wildman–Crippen MR) is 85.0 cm³/mol. The highest BCUT2D eigenvalue weighted by Crippen LogP contribution is 2.29. The molecule has 124 valence electrons. The molecule has 4 nitrogen and oxygen atoms in total. The zero-order valence-electron chi connectivity index (χ0n) is 12.5. The Morgan fingerprint density at radius 3 is 2.38 bits per heavy atom. The molecule has 0 spiro atoms. The maximum absolute atomic E-state index is 12.5. The number of hydrogen-bond donors (Lipinski definition) is 1. The van der Waals surface area contributed by atoms with E-state index >= 15 is 0 Å². The Balaban J connectivity index is 1.61. The first-order chi connectivity index (χ1) is 11.4. The molecule has 3 rings (SSSR count). The van der Waals surface area contributed by atoms with Crippen molar-refractivity contribution < 1.29 is 18.0 Å². The molecule has 0 aliphatic carbocycles. The highest BCUT2D eigenvalue weighted by Gasteiger charge is 2.30. The molecule has 0 radical (unpaired) electrons. The van der Waals surface area contributed by atoms with Gasteiger partial charge in [0.15, 0.2) is 0 Å². The average molecular weight is 333 g/mol. The van der Waals surface area contributed by atoms with Crippen LogP contribution in [0.3, 0.4) is 0 Å². The number of alkyl halides is 3. The molecule has 0 aromatic heterocycles. The van der Waals surface area contributed by atoms with E-state index in [-0.39, 0.29) is 5.56 Å². The van der Waals surface area contributed by atoms with E-state index < -0.39 is 23.8 Å². The van der Waals surface area contributed by atoms with Gasteiger partial charge in [0, 0.05) is 11.3 Å². The molecule has 1 aliphatic rings. The lowest BCUT2D eigenvalue weighted by Gasteiger charge is -2.17. The average Bonchev–Trinajstić information content (AvgIpc) is 3.03. The van der Waals surface area contributed by atoms with Gasteiger partial charge >= 0.3 is 6.18 Å². The second-order valence-electron chi connectivity index (χ2n) is 5.32. The number of hydrogen-bond acceptors (Lipinski definition) is 3. The number of nitrogens with one attached hydrogen (secondary N) is 1. The molecule has 1 unspecified atom stereocenters. The van der Waals surface area contributed by atoms with Crippen LogP contribution in [0.1, 0.15) is 15.9 Å². The van der Waals surface area contributed by atoms with Crippen LogP contribution in [0, 0.1) is 0 Å². The summed E-state index contributed by atoms with van der Waals surface area (Å²) in [7, 11) is 0. The summed E-state index contributed by atoms with van der Waals surface area (Å²) < 4.78 is 37.6. The van der Waals surface area contributed by atoms with Gasteiger partial charge in [0.2, 0.25) is 0 Å². The van der Waals surface area contributed by atoms with Crippen LogP contribution in [0.4, 0.5) is 18.9 Å². The molecule has 1 heterocycles. The van der Waals surface area contributed by atoms with Gasteiger partial charge in [-0.15, -0.1) is 0 Å². The summed E-state index contributed by atoms with van der Waals surface area (Å²) in [6.45, 7) is 0.469. The Morgan fingerprint density at radius 1 is 1.08 bits per heavy atom. The number of amides is 1. The zero-order chi connectivity index (χ0) is 17.2. The van der Waals surface area contributed by atoms with E-state index in [4.69, 9.17) is 0 Å². The summed E-state index contributed by atoms with van der Waals surface area (Å²) >= 11 is 0. The van der Waals surface area contributed by atoms with Crippen LogP contribution in [0.2, 0.25) is 0 Å². The van der Waals surface area contributed by atoms with Gasteiger partial charge in [0.1, 0.15) is 6.17 Å². The number of rotatable bonds is 3. The summed E-state index contributed by atoms with van der Waals surface area (Å²) in [5.41, 5.74) is 0.331. The molecule has 1 aliphatic heterocycles. The highest BCUT2D eigenvalue weighted by molar-refractivity contribution is 5.95. The molecule has 7 heteroatoms. The zero-order valence-corrected chi connectivity index (χ0v) is 12.5. The van der Waals surface area contributed by atoms with Crippen LogP contribution in [-0.4, -0.2) is 25.0 Å². The van der Waals surface area contributed by atoms with Crippen molar-refractivity contribution in [2.45, 2.75) is 12.3 Å². The molecule has 0 saturated heterocycles. The van der Waals surface area contributed by atoms with Crippen LogP contribution in [-0.2, 0) is 6.18 Å². The van der Waals surface area contributed by atoms with Gasteiger partial charge in [-0.05, 0) is 36.4 Å². The van der Waals surface area contributed by atoms with Crippen molar-refractivity contribution in [2.24, 2.45) is 4.99 Å². The third-order valence-electron chi connectivity index (χ3n) is 3.62. The van der Waals surface area contributed by atoms with Gasteiger partial charge in [-0.1, -0.05) is 18.2 Å². The highest BCUT2D eigenvalue weighted by atomic mass is 19.4. The maximum Gasteiger partial charge on any atom is 0.416 e. The number of carbonyl (C=O) groups is 1. The van der Waals surface area contributed by atoms with Crippen LogP contribution >= 0.6 is 0 Å². The molecule has 2 aromatic rings. The van der Waals surface area contributed by atoms with Gasteiger partial charge in [0.25, 0.3) is 5.91 Å². The molecule has 0 fully saturated rings. The van der Waals surface area contributed by atoms with Crippen molar-refractivity contribution in [3.8, 4) is 0 Å². The number of carbonyl (C=O) groups excluding carboxylic acids is 1. The second kappa shape index (κ2) is 6.35. The minimum Gasteiger partial charge on any atom is -0.329 e. The third kappa shape index (κ3) is 3.56. The summed E-state index contributed by atoms with van der Waals surface area (Å²) in [5.74, 6) is -0.458. The molecule has 1 amide bonds. The Kier molecular flexibility index (Phi) is 4.24. The van der Waals surface area contributed by atoms with Crippen LogP contribution in [0.25, 0.3) is 0 Å². The molecule has 24 heavy (non-hydrogen) atoms. The molecular formula is C17H14F3N3O.